The van der Waals surface area contributed by atoms with E-state index in [-0.39, 0.29) is 0 Å². The number of hydrogen-bond donors (Lipinski definition) is 4. The third kappa shape index (κ3) is 10.4. The van der Waals surface area contributed by atoms with Gasteiger partial charge in [0.25, 0.3) is 0 Å². The molecule has 0 saturated carbocycles. The first-order chi connectivity index (χ1) is 7.51. The van der Waals surface area contributed by atoms with Gasteiger partial charge in [-0.05, 0) is 0 Å². The molecule has 4 N–H and O–H groups in total. The van der Waals surface area contributed by atoms with Crippen molar-refractivity contribution in [3.8, 4) is 0 Å². The first-order valence-corrected chi connectivity index (χ1v) is 6.13. The quantitative estimate of drug-likeness (QED) is 0.431. The second kappa shape index (κ2) is 8.62. The highest BCUT2D eigenvalue weighted by molar-refractivity contribution is 9.10. The monoisotopic (exact) mass is 376 g/mol. The van der Waals surface area contributed by atoms with Crippen molar-refractivity contribution in [1.82, 2.24) is 0 Å². The predicted molar refractivity (Wildman–Crippen MR) is 68.1 cm³/mol. The summed E-state index contributed by atoms with van der Waals surface area (Å²) in [5.41, 5.74) is -0.556. The molecule has 0 aromatic heterocycles. The van der Waals surface area contributed by atoms with E-state index in [1.54, 1.807) is 13.8 Å². The van der Waals surface area contributed by atoms with E-state index in [2.05, 4.69) is 31.9 Å². The van der Waals surface area contributed by atoms with Crippen LogP contribution in [-0.2, 0) is 9.59 Å². The van der Waals surface area contributed by atoms with Crippen LogP contribution in [0.2, 0.25) is 0 Å². The van der Waals surface area contributed by atoms with Crippen LogP contribution < -0.4 is 0 Å². The van der Waals surface area contributed by atoms with Gasteiger partial charge in [-0.2, -0.15) is 0 Å². The first kappa shape index (κ1) is 18.9. The van der Waals surface area contributed by atoms with Crippen LogP contribution in [0.3, 0.4) is 0 Å². The van der Waals surface area contributed by atoms with E-state index in [1.807, 2.05) is 0 Å². The minimum Gasteiger partial charge on any atom is -0.478 e. The summed E-state index contributed by atoms with van der Waals surface area (Å²) >= 11 is 5.92. The number of aliphatic carboxylic acids is 2. The predicted octanol–water partition coefficient (Wildman–Crippen LogP) is 1.15. The summed E-state index contributed by atoms with van der Waals surface area (Å²) in [4.78, 5) is 19.1. The topological polar surface area (TPSA) is 115 Å². The molecule has 0 aromatic rings. The molecule has 0 amide bonds. The van der Waals surface area contributed by atoms with Crippen LogP contribution in [0, 0.1) is 5.41 Å². The number of aliphatic hydroxyl groups excluding tert-OH is 2. The highest BCUT2D eigenvalue weighted by Crippen LogP contribution is 2.31. The number of carboxylic acids is 2. The van der Waals surface area contributed by atoms with Gasteiger partial charge in [0.2, 0.25) is 0 Å². The largest absolute Gasteiger partial charge is 0.478 e. The molecule has 0 heterocycles. The highest BCUT2D eigenvalue weighted by atomic mass is 79.9. The van der Waals surface area contributed by atoms with Gasteiger partial charge in [0.05, 0.1) is 0 Å². The third-order valence-electron chi connectivity index (χ3n) is 1.60. The van der Waals surface area contributed by atoms with Gasteiger partial charge in [0.15, 0.2) is 0 Å². The SMILES string of the molecule is CC(C)(C(O)Br)C(O)Br.O=C(O)C=CC(=O)O. The fourth-order valence-corrected chi connectivity index (χ4v) is 1.11. The molecule has 0 radical (unpaired) electrons. The van der Waals surface area contributed by atoms with Crippen LogP contribution in [0.25, 0.3) is 0 Å². The summed E-state index contributed by atoms with van der Waals surface area (Å²) in [6, 6.07) is 0. The average Bonchev–Trinajstić information content (AvgIpc) is 2.15. The number of halogens is 2. The zero-order valence-corrected chi connectivity index (χ0v) is 12.3. The number of carbonyl (C=O) groups is 2. The van der Waals surface area contributed by atoms with Crippen molar-refractivity contribution in [3.63, 3.8) is 0 Å². The molecule has 6 nitrogen and oxygen atoms in total. The summed E-state index contributed by atoms with van der Waals surface area (Å²) in [5.74, 6) is -2.51. The van der Waals surface area contributed by atoms with Gasteiger partial charge in [0.1, 0.15) is 10.0 Å². The van der Waals surface area contributed by atoms with Gasteiger partial charge in [-0.15, -0.1) is 0 Å². The Morgan fingerprint density at radius 3 is 1.29 bits per heavy atom. The molecule has 2 atom stereocenters. The van der Waals surface area contributed by atoms with Gasteiger partial charge >= 0.3 is 11.9 Å². The fraction of sp³-hybridized carbons (Fsp3) is 0.556. The maximum atomic E-state index is 9.55. The number of aliphatic hydroxyl groups is 2. The molecule has 0 aliphatic rings. The Balaban J connectivity index is 0. The fourth-order valence-electron chi connectivity index (χ4n) is 0.256. The van der Waals surface area contributed by atoms with Gasteiger partial charge < -0.3 is 20.4 Å². The van der Waals surface area contributed by atoms with Crippen molar-refractivity contribution in [1.29, 1.82) is 0 Å². The summed E-state index contributed by atoms with van der Waals surface area (Å²) in [5, 5.41) is 32.2. The maximum Gasteiger partial charge on any atom is 0.328 e. The molecule has 17 heavy (non-hydrogen) atoms. The van der Waals surface area contributed by atoms with Crippen molar-refractivity contribution < 1.29 is 30.0 Å². The van der Waals surface area contributed by atoms with E-state index < -0.39 is 27.4 Å². The Hall–Kier alpha value is -0.440. The standard InChI is InChI=1S/C5H10Br2O2.C4H4O4/c1-5(2,3(6)8)4(7)9;5-3(6)1-2-4(7)8/h3-4,8-9H,1-2H3;1-2H,(H,5,6)(H,7,8). The molecular formula is C9H14Br2O6. The third-order valence-corrected chi connectivity index (χ3v) is 3.96. The molecule has 0 spiro atoms. The van der Waals surface area contributed by atoms with Gasteiger partial charge in [-0.1, -0.05) is 45.7 Å². The molecule has 100 valence electrons. The summed E-state index contributed by atoms with van der Waals surface area (Å²) in [6.07, 6.45) is 1.12. The van der Waals surface area contributed by atoms with Crippen LogP contribution in [0.1, 0.15) is 13.8 Å². The van der Waals surface area contributed by atoms with E-state index in [9.17, 15) is 9.59 Å². The minimum atomic E-state index is -1.26. The molecule has 0 aliphatic heterocycles. The van der Waals surface area contributed by atoms with Crippen molar-refractivity contribution in [2.24, 2.45) is 5.41 Å². The van der Waals surface area contributed by atoms with Crippen molar-refractivity contribution in [2.75, 3.05) is 0 Å². The lowest BCUT2D eigenvalue weighted by atomic mass is 9.96. The Morgan fingerprint density at radius 2 is 1.24 bits per heavy atom. The van der Waals surface area contributed by atoms with E-state index in [4.69, 9.17) is 20.4 Å². The van der Waals surface area contributed by atoms with Crippen molar-refractivity contribution in [2.45, 2.75) is 23.9 Å². The number of hydrogen-bond acceptors (Lipinski definition) is 4. The Kier molecular flexibility index (Phi) is 9.59. The average molecular weight is 378 g/mol. The molecular weight excluding hydrogens is 364 g/mol. The van der Waals surface area contributed by atoms with E-state index >= 15 is 0 Å². The molecule has 0 aromatic carbocycles. The lowest BCUT2D eigenvalue weighted by Crippen LogP contribution is -2.33. The lowest BCUT2D eigenvalue weighted by Gasteiger charge is -2.28. The first-order valence-electron chi connectivity index (χ1n) is 4.30. The number of alkyl halides is 2. The number of carboxylic acid groups (broad SMARTS) is 2. The van der Waals surface area contributed by atoms with Gasteiger partial charge in [0, 0.05) is 17.6 Å². The van der Waals surface area contributed by atoms with Crippen molar-refractivity contribution >= 4 is 43.8 Å². The molecule has 0 fully saturated rings. The number of rotatable bonds is 4. The molecule has 0 saturated heterocycles. The Bertz CT molecular complexity index is 259. The van der Waals surface area contributed by atoms with E-state index in [0.717, 1.165) is 0 Å². The molecule has 8 heteroatoms. The zero-order chi connectivity index (χ0) is 14.2. The van der Waals surface area contributed by atoms with Gasteiger partial charge in [-0.25, -0.2) is 9.59 Å². The maximum absolute atomic E-state index is 9.55. The molecule has 2 unspecified atom stereocenters. The summed E-state index contributed by atoms with van der Waals surface area (Å²) < 4.78 is 0. The van der Waals surface area contributed by atoms with Gasteiger partial charge in [-0.3, -0.25) is 0 Å². The molecule has 0 aliphatic carbocycles. The van der Waals surface area contributed by atoms with Crippen LogP contribution in [0.4, 0.5) is 0 Å². The zero-order valence-electron chi connectivity index (χ0n) is 9.17. The van der Waals surface area contributed by atoms with E-state index in [0.29, 0.717) is 12.2 Å². The van der Waals surface area contributed by atoms with E-state index in [1.165, 1.54) is 0 Å². The second-order valence-corrected chi connectivity index (χ2v) is 5.24. The summed E-state index contributed by atoms with van der Waals surface area (Å²) in [6.45, 7) is 3.48. The molecule has 0 rings (SSSR count). The van der Waals surface area contributed by atoms with Crippen LogP contribution >= 0.6 is 31.9 Å². The highest BCUT2D eigenvalue weighted by Gasteiger charge is 2.31. The van der Waals surface area contributed by atoms with Crippen LogP contribution in [-0.4, -0.2) is 42.4 Å². The van der Waals surface area contributed by atoms with Crippen molar-refractivity contribution in [3.05, 3.63) is 12.2 Å². The lowest BCUT2D eigenvalue weighted by molar-refractivity contribution is -0.134. The minimum absolute atomic E-state index is 0.556. The molecule has 0 bridgehead atoms. The van der Waals surface area contributed by atoms with Crippen LogP contribution in [0.15, 0.2) is 12.2 Å². The van der Waals surface area contributed by atoms with Crippen LogP contribution in [0.5, 0.6) is 0 Å². The smallest absolute Gasteiger partial charge is 0.328 e. The Labute approximate surface area is 115 Å². The normalized spacial score (nSPS) is 14.7. The Morgan fingerprint density at radius 1 is 1.00 bits per heavy atom. The second-order valence-electron chi connectivity index (χ2n) is 3.50. The summed E-state index contributed by atoms with van der Waals surface area (Å²) in [7, 11) is 0.